The van der Waals surface area contributed by atoms with Crippen molar-refractivity contribution in [3.63, 3.8) is 0 Å². The van der Waals surface area contributed by atoms with Gasteiger partial charge in [0.05, 0.1) is 12.1 Å². The van der Waals surface area contributed by atoms with Crippen molar-refractivity contribution in [1.29, 1.82) is 0 Å². The Labute approximate surface area is 95.5 Å². The Morgan fingerprint density at radius 3 is 2.71 bits per heavy atom. The van der Waals surface area contributed by atoms with Crippen LogP contribution in [0.4, 0.5) is 18.9 Å². The van der Waals surface area contributed by atoms with Crippen molar-refractivity contribution in [2.24, 2.45) is 0 Å². The van der Waals surface area contributed by atoms with Gasteiger partial charge in [-0.25, -0.2) is 4.79 Å². The zero-order valence-electron chi connectivity index (χ0n) is 9.01. The second kappa shape index (κ2) is 5.03. The smallest absolute Gasteiger partial charge is 0.390 e. The van der Waals surface area contributed by atoms with E-state index in [-0.39, 0.29) is 17.8 Å². The maximum atomic E-state index is 11.9. The summed E-state index contributed by atoms with van der Waals surface area (Å²) >= 11 is 0. The lowest BCUT2D eigenvalue weighted by Crippen LogP contribution is -2.16. The molecule has 0 aromatic carbocycles. The lowest BCUT2D eigenvalue weighted by molar-refractivity contribution is -0.131. The van der Waals surface area contributed by atoms with Gasteiger partial charge in [0, 0.05) is 18.4 Å². The van der Waals surface area contributed by atoms with Gasteiger partial charge in [0.1, 0.15) is 5.56 Å². The highest BCUT2D eigenvalue weighted by atomic mass is 19.4. The number of nitrogens with one attached hydrogen (secondary N) is 1. The van der Waals surface area contributed by atoms with Crippen molar-refractivity contribution in [3.8, 4) is 0 Å². The zero-order chi connectivity index (χ0) is 13.1. The average molecular weight is 248 g/mol. The molecule has 0 spiro atoms. The number of carboxylic acid groups (broad SMARTS) is 1. The molecule has 0 unspecified atom stereocenters. The van der Waals surface area contributed by atoms with Crippen molar-refractivity contribution in [1.82, 2.24) is 4.98 Å². The van der Waals surface area contributed by atoms with Gasteiger partial charge >= 0.3 is 12.1 Å². The summed E-state index contributed by atoms with van der Waals surface area (Å²) in [5.74, 6) is -1.23. The lowest BCUT2D eigenvalue weighted by Gasteiger charge is -2.11. The first-order chi connectivity index (χ1) is 7.79. The van der Waals surface area contributed by atoms with Gasteiger partial charge in [-0.15, -0.1) is 0 Å². The quantitative estimate of drug-likeness (QED) is 0.859. The van der Waals surface area contributed by atoms with E-state index in [0.717, 1.165) is 6.20 Å². The molecule has 0 aliphatic rings. The summed E-state index contributed by atoms with van der Waals surface area (Å²) in [6, 6.07) is 1.40. The summed E-state index contributed by atoms with van der Waals surface area (Å²) in [6.07, 6.45) is -4.17. The molecule has 7 heteroatoms. The van der Waals surface area contributed by atoms with Gasteiger partial charge in [-0.3, -0.25) is 4.98 Å². The molecule has 0 aliphatic heterocycles. The van der Waals surface area contributed by atoms with E-state index in [0.29, 0.717) is 5.69 Å². The van der Waals surface area contributed by atoms with Gasteiger partial charge in [-0.2, -0.15) is 13.2 Å². The zero-order valence-corrected chi connectivity index (χ0v) is 9.01. The topological polar surface area (TPSA) is 62.2 Å². The molecule has 0 atom stereocenters. The van der Waals surface area contributed by atoms with Crippen molar-refractivity contribution >= 4 is 11.7 Å². The molecule has 1 heterocycles. The van der Waals surface area contributed by atoms with Gasteiger partial charge in [-0.1, -0.05) is 0 Å². The van der Waals surface area contributed by atoms with Crippen LogP contribution < -0.4 is 5.32 Å². The first-order valence-electron chi connectivity index (χ1n) is 4.80. The highest BCUT2D eigenvalue weighted by molar-refractivity contribution is 5.93. The van der Waals surface area contributed by atoms with Crippen LogP contribution in [0.3, 0.4) is 0 Å². The molecule has 0 saturated heterocycles. The summed E-state index contributed by atoms with van der Waals surface area (Å²) in [5, 5.41) is 11.3. The van der Waals surface area contributed by atoms with Crippen molar-refractivity contribution in [2.75, 3.05) is 11.9 Å². The van der Waals surface area contributed by atoms with E-state index in [2.05, 4.69) is 10.3 Å². The SMILES string of the molecule is Cc1cc(NCCC(F)(F)F)c(C(=O)O)cn1. The number of hydrogen-bond acceptors (Lipinski definition) is 3. The molecular weight excluding hydrogens is 237 g/mol. The van der Waals surface area contributed by atoms with E-state index >= 15 is 0 Å². The van der Waals surface area contributed by atoms with Crippen molar-refractivity contribution in [2.45, 2.75) is 19.5 Å². The Hall–Kier alpha value is -1.79. The van der Waals surface area contributed by atoms with Crippen molar-refractivity contribution in [3.05, 3.63) is 23.5 Å². The number of carbonyl (C=O) groups is 1. The number of anilines is 1. The minimum absolute atomic E-state index is 0.141. The molecule has 1 aromatic heterocycles. The van der Waals surface area contributed by atoms with Crippen LogP contribution in [0.2, 0.25) is 0 Å². The maximum absolute atomic E-state index is 11.9. The Balaban J connectivity index is 2.75. The first-order valence-corrected chi connectivity index (χ1v) is 4.80. The van der Waals surface area contributed by atoms with Crippen molar-refractivity contribution < 1.29 is 23.1 Å². The molecule has 17 heavy (non-hydrogen) atoms. The maximum Gasteiger partial charge on any atom is 0.390 e. The van der Waals surface area contributed by atoms with Crippen LogP contribution in [0.25, 0.3) is 0 Å². The second-order valence-electron chi connectivity index (χ2n) is 3.47. The number of nitrogens with zero attached hydrogens (tertiary/aromatic N) is 1. The molecule has 1 rings (SSSR count). The number of hydrogen-bond donors (Lipinski definition) is 2. The van der Waals surface area contributed by atoms with Gasteiger partial charge in [-0.05, 0) is 13.0 Å². The van der Waals surface area contributed by atoms with Crippen LogP contribution in [0.15, 0.2) is 12.3 Å². The minimum atomic E-state index is -4.27. The summed E-state index contributed by atoms with van der Waals surface area (Å²) in [5.41, 5.74) is 0.538. The fourth-order valence-electron chi connectivity index (χ4n) is 1.22. The van der Waals surface area contributed by atoms with Gasteiger partial charge < -0.3 is 10.4 Å². The highest BCUT2D eigenvalue weighted by Crippen LogP contribution is 2.21. The van der Waals surface area contributed by atoms with E-state index in [1.165, 1.54) is 6.07 Å². The number of pyridine rings is 1. The number of aryl methyl sites for hydroxylation is 1. The van der Waals surface area contributed by atoms with Crippen LogP contribution in [0, 0.1) is 6.92 Å². The van der Waals surface area contributed by atoms with Crippen LogP contribution in [-0.4, -0.2) is 28.8 Å². The molecule has 94 valence electrons. The molecule has 0 aliphatic carbocycles. The van der Waals surface area contributed by atoms with E-state index in [4.69, 9.17) is 5.11 Å². The number of aromatic carboxylic acids is 1. The average Bonchev–Trinajstić information content (AvgIpc) is 2.15. The van der Waals surface area contributed by atoms with Gasteiger partial charge in [0.15, 0.2) is 0 Å². The predicted molar refractivity (Wildman–Crippen MR) is 55.1 cm³/mol. The number of carboxylic acids is 1. The summed E-state index contributed by atoms with van der Waals surface area (Å²) < 4.78 is 35.8. The standard InChI is InChI=1S/C10H11F3N2O2/c1-6-4-8(7(5-15-6)9(16)17)14-3-2-10(11,12)13/h4-5H,2-3H2,1H3,(H,14,15)(H,16,17). The summed E-state index contributed by atoms with van der Waals surface area (Å²) in [6.45, 7) is 1.26. The fourth-order valence-corrected chi connectivity index (χ4v) is 1.22. The molecule has 0 saturated carbocycles. The van der Waals surface area contributed by atoms with E-state index in [1.807, 2.05) is 0 Å². The Kier molecular flexibility index (Phi) is 3.93. The third-order valence-corrected chi connectivity index (χ3v) is 2.00. The number of halogens is 3. The van der Waals surface area contributed by atoms with Crippen LogP contribution in [-0.2, 0) is 0 Å². The molecule has 4 nitrogen and oxygen atoms in total. The molecule has 2 N–H and O–H groups in total. The minimum Gasteiger partial charge on any atom is -0.478 e. The molecule has 1 aromatic rings. The fraction of sp³-hybridized carbons (Fsp3) is 0.400. The van der Waals surface area contributed by atoms with Gasteiger partial charge in [0.25, 0.3) is 0 Å². The van der Waals surface area contributed by atoms with E-state index in [9.17, 15) is 18.0 Å². The highest BCUT2D eigenvalue weighted by Gasteiger charge is 2.26. The van der Waals surface area contributed by atoms with Crippen LogP contribution >= 0.6 is 0 Å². The van der Waals surface area contributed by atoms with Crippen LogP contribution in [0.5, 0.6) is 0 Å². The van der Waals surface area contributed by atoms with Crippen LogP contribution in [0.1, 0.15) is 22.5 Å². The lowest BCUT2D eigenvalue weighted by atomic mass is 10.2. The normalized spacial score (nSPS) is 11.3. The molecule has 0 fully saturated rings. The summed E-state index contributed by atoms with van der Waals surface area (Å²) in [7, 11) is 0. The molecule has 0 bridgehead atoms. The Morgan fingerprint density at radius 1 is 1.53 bits per heavy atom. The Bertz CT molecular complexity index is 419. The predicted octanol–water partition coefficient (Wildman–Crippen LogP) is 2.45. The first kappa shape index (κ1) is 13.3. The van der Waals surface area contributed by atoms with E-state index < -0.39 is 18.6 Å². The molecule has 0 radical (unpaired) electrons. The summed E-state index contributed by atoms with van der Waals surface area (Å²) in [4.78, 5) is 14.6. The number of aromatic nitrogens is 1. The Morgan fingerprint density at radius 2 is 2.18 bits per heavy atom. The largest absolute Gasteiger partial charge is 0.478 e. The number of alkyl halides is 3. The van der Waals surface area contributed by atoms with E-state index in [1.54, 1.807) is 6.92 Å². The second-order valence-corrected chi connectivity index (χ2v) is 3.47. The monoisotopic (exact) mass is 248 g/mol. The third kappa shape index (κ3) is 4.29. The number of rotatable bonds is 4. The third-order valence-electron chi connectivity index (χ3n) is 2.00. The molecular formula is C10H11F3N2O2. The molecule has 0 amide bonds. The van der Waals surface area contributed by atoms with Gasteiger partial charge in [0.2, 0.25) is 0 Å².